The number of halogens is 1. The molecule has 3 aromatic rings. The van der Waals surface area contributed by atoms with Crippen molar-refractivity contribution in [2.24, 2.45) is 12.1 Å². The number of hydrogen-bond acceptors (Lipinski definition) is 4. The average Bonchev–Trinajstić information content (AvgIpc) is 2.93. The van der Waals surface area contributed by atoms with Crippen molar-refractivity contribution < 1.29 is 9.72 Å². The molecular weight excluding hydrogens is 344 g/mol. The number of carbonyl (C=O) groups excluding carboxylic acids is 1. The van der Waals surface area contributed by atoms with E-state index >= 15 is 0 Å². The first-order chi connectivity index (χ1) is 12.0. The van der Waals surface area contributed by atoms with Gasteiger partial charge in [-0.05, 0) is 18.2 Å². The number of carbonyl (C=O) groups is 1. The minimum absolute atomic E-state index is 0.0432. The van der Waals surface area contributed by atoms with Crippen LogP contribution in [0.25, 0.3) is 10.9 Å². The Kier molecular flexibility index (Phi) is 4.49. The van der Waals surface area contributed by atoms with Crippen LogP contribution in [0, 0.1) is 10.1 Å². The van der Waals surface area contributed by atoms with Crippen molar-refractivity contribution in [2.75, 3.05) is 0 Å². The van der Waals surface area contributed by atoms with Gasteiger partial charge in [0.15, 0.2) is 0 Å². The molecule has 0 unspecified atom stereocenters. The molecule has 0 spiro atoms. The molecule has 0 aliphatic heterocycles. The van der Waals surface area contributed by atoms with Crippen molar-refractivity contribution >= 4 is 40.3 Å². The summed E-state index contributed by atoms with van der Waals surface area (Å²) in [4.78, 5) is 22.6. The van der Waals surface area contributed by atoms with Crippen molar-refractivity contribution in [3.63, 3.8) is 0 Å². The molecule has 1 aromatic heterocycles. The molecule has 0 radical (unpaired) electrons. The van der Waals surface area contributed by atoms with Crippen molar-refractivity contribution in [2.45, 2.75) is 0 Å². The SMILES string of the molecule is Cn1c(C(=O)N/N=C/c2ccc(Cl)c([N+](=O)[O-])c2)cc2ccccc21. The van der Waals surface area contributed by atoms with E-state index in [2.05, 4.69) is 10.5 Å². The number of aryl methyl sites for hydroxylation is 1. The Morgan fingerprint density at radius 2 is 2.04 bits per heavy atom. The Bertz CT molecular complexity index is 1010. The fourth-order valence-corrected chi connectivity index (χ4v) is 2.67. The van der Waals surface area contributed by atoms with Crippen LogP contribution in [-0.4, -0.2) is 21.6 Å². The van der Waals surface area contributed by atoms with Gasteiger partial charge in [-0.15, -0.1) is 0 Å². The molecular formula is C17H13ClN4O3. The summed E-state index contributed by atoms with van der Waals surface area (Å²) in [6.07, 6.45) is 1.32. The van der Waals surface area contributed by atoms with Crippen LogP contribution in [0.4, 0.5) is 5.69 Å². The number of rotatable bonds is 4. The van der Waals surface area contributed by atoms with Crippen LogP contribution in [0.15, 0.2) is 53.6 Å². The predicted octanol–water partition coefficient (Wildman–Crippen LogP) is 3.50. The molecule has 126 valence electrons. The second-order valence-corrected chi connectivity index (χ2v) is 5.72. The van der Waals surface area contributed by atoms with Gasteiger partial charge in [0.25, 0.3) is 11.6 Å². The van der Waals surface area contributed by atoms with Gasteiger partial charge in [0.2, 0.25) is 0 Å². The first-order valence-corrected chi connectivity index (χ1v) is 7.67. The number of benzene rings is 2. The van der Waals surface area contributed by atoms with Gasteiger partial charge in [-0.2, -0.15) is 5.10 Å². The molecule has 0 aliphatic carbocycles. The number of hydrazone groups is 1. The third-order valence-electron chi connectivity index (χ3n) is 3.73. The lowest BCUT2D eigenvalue weighted by atomic mass is 10.2. The van der Waals surface area contributed by atoms with Crippen molar-refractivity contribution in [3.8, 4) is 0 Å². The van der Waals surface area contributed by atoms with Crippen LogP contribution < -0.4 is 5.43 Å². The number of nitrogens with zero attached hydrogens (tertiary/aromatic N) is 3. The molecule has 0 saturated heterocycles. The Hall–Kier alpha value is -3.19. The summed E-state index contributed by atoms with van der Waals surface area (Å²) >= 11 is 5.75. The smallest absolute Gasteiger partial charge is 0.288 e. The molecule has 1 N–H and O–H groups in total. The predicted molar refractivity (Wildman–Crippen MR) is 96.1 cm³/mol. The van der Waals surface area contributed by atoms with E-state index in [1.807, 2.05) is 24.3 Å². The molecule has 0 bridgehead atoms. The van der Waals surface area contributed by atoms with Crippen LogP contribution >= 0.6 is 11.6 Å². The van der Waals surface area contributed by atoms with Crippen LogP contribution in [-0.2, 0) is 7.05 Å². The highest BCUT2D eigenvalue weighted by Gasteiger charge is 2.13. The Morgan fingerprint density at radius 3 is 2.76 bits per heavy atom. The molecule has 1 heterocycles. The molecule has 0 aliphatic rings. The standard InChI is InChI=1S/C17H13ClN4O3/c1-21-14-5-3-2-4-12(14)9-16(21)17(23)20-19-10-11-6-7-13(18)15(8-11)22(24)25/h2-10H,1H3,(H,20,23)/b19-10+. The van der Waals surface area contributed by atoms with E-state index in [1.54, 1.807) is 23.7 Å². The summed E-state index contributed by atoms with van der Waals surface area (Å²) in [6.45, 7) is 0. The third kappa shape index (κ3) is 3.36. The monoisotopic (exact) mass is 356 g/mol. The highest BCUT2D eigenvalue weighted by atomic mass is 35.5. The summed E-state index contributed by atoms with van der Waals surface area (Å²) in [5, 5.41) is 15.7. The van der Waals surface area contributed by atoms with E-state index in [9.17, 15) is 14.9 Å². The fraction of sp³-hybridized carbons (Fsp3) is 0.0588. The number of nitro benzene ring substituents is 1. The summed E-state index contributed by atoms with van der Waals surface area (Å²) < 4.78 is 1.77. The Labute approximate surface area is 147 Å². The topological polar surface area (TPSA) is 89.5 Å². The second-order valence-electron chi connectivity index (χ2n) is 5.31. The molecule has 0 saturated carbocycles. The summed E-state index contributed by atoms with van der Waals surface area (Å²) in [5.41, 5.74) is 4.05. The number of fused-ring (bicyclic) bond motifs is 1. The van der Waals surface area contributed by atoms with Crippen LogP contribution in [0.1, 0.15) is 16.1 Å². The van der Waals surface area contributed by atoms with Gasteiger partial charge in [-0.1, -0.05) is 35.9 Å². The molecule has 25 heavy (non-hydrogen) atoms. The highest BCUT2D eigenvalue weighted by Crippen LogP contribution is 2.24. The number of nitrogens with one attached hydrogen (secondary N) is 1. The lowest BCUT2D eigenvalue weighted by molar-refractivity contribution is -0.384. The zero-order valence-electron chi connectivity index (χ0n) is 13.1. The van der Waals surface area contributed by atoms with Gasteiger partial charge >= 0.3 is 0 Å². The van der Waals surface area contributed by atoms with E-state index in [-0.39, 0.29) is 16.6 Å². The molecule has 8 heteroatoms. The lowest BCUT2D eigenvalue weighted by Gasteiger charge is -2.02. The number of para-hydroxylation sites is 1. The largest absolute Gasteiger partial charge is 0.340 e. The minimum atomic E-state index is -0.576. The van der Waals surface area contributed by atoms with Crippen molar-refractivity contribution in [3.05, 3.63) is 74.9 Å². The van der Waals surface area contributed by atoms with Crippen LogP contribution in [0.2, 0.25) is 5.02 Å². The number of hydrogen-bond donors (Lipinski definition) is 1. The second kappa shape index (κ2) is 6.74. The van der Waals surface area contributed by atoms with Gasteiger partial charge in [0, 0.05) is 29.6 Å². The number of amides is 1. The first kappa shape index (κ1) is 16.7. The molecule has 1 amide bonds. The molecule has 7 nitrogen and oxygen atoms in total. The van der Waals surface area contributed by atoms with Gasteiger partial charge in [0.1, 0.15) is 10.7 Å². The van der Waals surface area contributed by atoms with Gasteiger partial charge in [0.05, 0.1) is 11.1 Å². The average molecular weight is 357 g/mol. The van der Waals surface area contributed by atoms with Crippen LogP contribution in [0.3, 0.4) is 0 Å². The summed E-state index contributed by atoms with van der Waals surface area (Å²) in [6, 6.07) is 13.7. The van der Waals surface area contributed by atoms with E-state index in [1.165, 1.54) is 18.3 Å². The van der Waals surface area contributed by atoms with Gasteiger partial charge in [-0.25, -0.2) is 5.43 Å². The number of nitro groups is 1. The molecule has 0 fully saturated rings. The molecule has 2 aromatic carbocycles. The van der Waals surface area contributed by atoms with E-state index in [4.69, 9.17) is 11.6 Å². The third-order valence-corrected chi connectivity index (χ3v) is 4.05. The first-order valence-electron chi connectivity index (χ1n) is 7.29. The van der Waals surface area contributed by atoms with E-state index < -0.39 is 4.92 Å². The van der Waals surface area contributed by atoms with E-state index in [0.29, 0.717) is 11.3 Å². The van der Waals surface area contributed by atoms with Crippen molar-refractivity contribution in [1.29, 1.82) is 0 Å². The normalized spacial score (nSPS) is 11.1. The maximum absolute atomic E-state index is 12.3. The van der Waals surface area contributed by atoms with E-state index in [0.717, 1.165) is 10.9 Å². The minimum Gasteiger partial charge on any atom is -0.340 e. The quantitative estimate of drug-likeness (QED) is 0.440. The fourth-order valence-electron chi connectivity index (χ4n) is 2.48. The summed E-state index contributed by atoms with van der Waals surface area (Å²) in [5.74, 6) is -0.376. The molecule has 3 rings (SSSR count). The van der Waals surface area contributed by atoms with Gasteiger partial charge in [-0.3, -0.25) is 14.9 Å². The zero-order valence-corrected chi connectivity index (χ0v) is 13.9. The maximum Gasteiger partial charge on any atom is 0.288 e. The highest BCUT2D eigenvalue weighted by molar-refractivity contribution is 6.32. The lowest BCUT2D eigenvalue weighted by Crippen LogP contribution is -2.20. The maximum atomic E-state index is 12.3. The van der Waals surface area contributed by atoms with Gasteiger partial charge < -0.3 is 4.57 Å². The Balaban J connectivity index is 1.77. The number of aromatic nitrogens is 1. The summed E-state index contributed by atoms with van der Waals surface area (Å²) in [7, 11) is 1.80. The van der Waals surface area contributed by atoms with Crippen LogP contribution in [0.5, 0.6) is 0 Å². The van der Waals surface area contributed by atoms with Crippen molar-refractivity contribution in [1.82, 2.24) is 9.99 Å². The Morgan fingerprint density at radius 1 is 1.28 bits per heavy atom. The molecule has 0 atom stereocenters. The zero-order chi connectivity index (χ0) is 18.0.